The van der Waals surface area contributed by atoms with Crippen molar-refractivity contribution in [3.8, 4) is 0 Å². The maximum Gasteiger partial charge on any atom is 0.0310 e. The molecule has 0 rings (SSSR count). The van der Waals surface area contributed by atoms with Gasteiger partial charge in [-0.1, -0.05) is 39.9 Å². The van der Waals surface area contributed by atoms with Crippen LogP contribution in [0, 0.1) is 0 Å². The van der Waals surface area contributed by atoms with Crippen molar-refractivity contribution in [2.75, 3.05) is 26.2 Å². The van der Waals surface area contributed by atoms with Crippen LogP contribution < -0.4 is 10.6 Å². The summed E-state index contributed by atoms with van der Waals surface area (Å²) >= 11 is 7.61. The first kappa shape index (κ1) is 19.0. The molecule has 0 heterocycles. The molecule has 0 aliphatic heterocycles. The average Bonchev–Trinajstić information content (AvgIpc) is 2.09. The molecular formula is C9H24N2S2. The number of thiocarbonyl (C=S) groups is 1. The summed E-state index contributed by atoms with van der Waals surface area (Å²) < 4.78 is 1.28. The molecule has 2 N–H and O–H groups in total. The lowest BCUT2D eigenvalue weighted by Gasteiger charge is -1.86. The van der Waals surface area contributed by atoms with Crippen molar-refractivity contribution < 1.29 is 0 Å². The van der Waals surface area contributed by atoms with Crippen molar-refractivity contribution in [1.82, 2.24) is 10.6 Å². The van der Waals surface area contributed by atoms with Crippen molar-refractivity contribution in [3.05, 3.63) is 0 Å². The largest absolute Gasteiger partial charge is 0.317 e. The van der Waals surface area contributed by atoms with Crippen LogP contribution in [-0.2, 0) is 0 Å². The van der Waals surface area contributed by atoms with E-state index in [1.807, 2.05) is 0 Å². The molecule has 0 saturated heterocycles. The lowest BCUT2D eigenvalue weighted by atomic mass is 10.7. The predicted octanol–water partition coefficient (Wildman–Crippen LogP) is 2.11. The van der Waals surface area contributed by atoms with Crippen molar-refractivity contribution in [2.45, 2.75) is 27.7 Å². The van der Waals surface area contributed by atoms with Gasteiger partial charge in [0.15, 0.2) is 0 Å². The Morgan fingerprint density at radius 1 is 0.923 bits per heavy atom. The van der Waals surface area contributed by atoms with E-state index >= 15 is 0 Å². The SMILES string of the molecule is CCNCC.CCNCC.S=CS. The van der Waals surface area contributed by atoms with Crippen molar-refractivity contribution in [2.24, 2.45) is 0 Å². The lowest BCUT2D eigenvalue weighted by Crippen LogP contribution is -2.09. The molecule has 0 atom stereocenters. The minimum atomic E-state index is 1.09. The molecule has 0 saturated carbocycles. The van der Waals surface area contributed by atoms with Crippen LogP contribution in [0.5, 0.6) is 0 Å². The average molecular weight is 224 g/mol. The number of nitrogens with one attached hydrogen (secondary N) is 2. The summed E-state index contributed by atoms with van der Waals surface area (Å²) in [5, 5.41) is 6.22. The lowest BCUT2D eigenvalue weighted by molar-refractivity contribution is 0.762. The Morgan fingerprint density at radius 3 is 1.08 bits per heavy atom. The first-order valence-electron chi connectivity index (χ1n) is 4.74. The zero-order valence-corrected chi connectivity index (χ0v) is 11.0. The fraction of sp³-hybridized carbons (Fsp3) is 0.889. The van der Waals surface area contributed by atoms with Gasteiger partial charge >= 0.3 is 0 Å². The highest BCUT2D eigenvalue weighted by Crippen LogP contribution is 1.50. The number of hydrogen-bond acceptors (Lipinski definition) is 3. The Balaban J connectivity index is -0.000000120. The van der Waals surface area contributed by atoms with Gasteiger partial charge in [-0.25, -0.2) is 0 Å². The molecule has 0 radical (unpaired) electrons. The van der Waals surface area contributed by atoms with Crippen LogP contribution in [0.4, 0.5) is 0 Å². The fourth-order valence-corrected chi connectivity index (χ4v) is 0.500. The second-order valence-corrected chi connectivity index (χ2v) is 2.86. The monoisotopic (exact) mass is 224 g/mol. The third-order valence-electron chi connectivity index (χ3n) is 1.000. The van der Waals surface area contributed by atoms with Crippen molar-refractivity contribution >= 4 is 29.5 Å². The molecular weight excluding hydrogens is 200 g/mol. The summed E-state index contributed by atoms with van der Waals surface area (Å²) in [7, 11) is 0. The highest BCUT2D eigenvalue weighted by Gasteiger charge is 1.63. The Morgan fingerprint density at radius 2 is 1.08 bits per heavy atom. The van der Waals surface area contributed by atoms with Crippen molar-refractivity contribution in [3.63, 3.8) is 0 Å². The van der Waals surface area contributed by atoms with E-state index in [1.54, 1.807) is 0 Å². The van der Waals surface area contributed by atoms with Crippen LogP contribution in [0.1, 0.15) is 27.7 Å². The van der Waals surface area contributed by atoms with Crippen LogP contribution in [0.15, 0.2) is 0 Å². The van der Waals surface area contributed by atoms with Gasteiger partial charge in [-0.15, -0.1) is 12.6 Å². The second kappa shape index (κ2) is 29.4. The normalized spacial score (nSPS) is 7.46. The van der Waals surface area contributed by atoms with E-state index < -0.39 is 0 Å². The molecule has 0 aliphatic rings. The molecule has 0 aliphatic carbocycles. The third kappa shape index (κ3) is 69.8. The molecule has 0 aromatic rings. The van der Waals surface area contributed by atoms with E-state index in [-0.39, 0.29) is 0 Å². The summed E-state index contributed by atoms with van der Waals surface area (Å²) in [6.45, 7) is 12.8. The zero-order valence-electron chi connectivity index (χ0n) is 9.26. The summed E-state index contributed by atoms with van der Waals surface area (Å²) in [4.78, 5) is 0. The predicted molar refractivity (Wildman–Crippen MR) is 71.1 cm³/mol. The fourth-order valence-electron chi connectivity index (χ4n) is 0.500. The van der Waals surface area contributed by atoms with Gasteiger partial charge in [-0.3, -0.25) is 0 Å². The van der Waals surface area contributed by atoms with Gasteiger partial charge in [0.2, 0.25) is 0 Å². The van der Waals surface area contributed by atoms with Crippen LogP contribution >= 0.6 is 24.8 Å². The Hall–Kier alpha value is 0.360. The van der Waals surface area contributed by atoms with E-state index in [0.29, 0.717) is 0 Å². The molecule has 0 bridgehead atoms. The first-order valence-corrected chi connectivity index (χ1v) is 5.72. The van der Waals surface area contributed by atoms with E-state index in [9.17, 15) is 0 Å². The summed E-state index contributed by atoms with van der Waals surface area (Å²) in [5.41, 5.74) is 0. The summed E-state index contributed by atoms with van der Waals surface area (Å²) in [5.74, 6) is 0. The minimum absolute atomic E-state index is 1.09. The standard InChI is InChI=1S/2C4H11N.CH2S2/c2*1-3-5-4-2;2-1-3/h2*5H,3-4H2,1-2H3;1H,(H,2,3). The molecule has 0 fully saturated rings. The van der Waals surface area contributed by atoms with Gasteiger partial charge < -0.3 is 10.6 Å². The first-order chi connectivity index (χ1) is 6.24. The molecule has 4 heteroatoms. The molecule has 0 spiro atoms. The van der Waals surface area contributed by atoms with Gasteiger partial charge in [0.25, 0.3) is 0 Å². The Kier molecular flexibility index (Phi) is 43.1. The second-order valence-electron chi connectivity index (χ2n) is 2.02. The topological polar surface area (TPSA) is 24.1 Å². The van der Waals surface area contributed by atoms with Crippen LogP contribution in [0.2, 0.25) is 0 Å². The highest BCUT2D eigenvalue weighted by atomic mass is 32.1. The van der Waals surface area contributed by atoms with E-state index in [2.05, 4.69) is 63.2 Å². The maximum atomic E-state index is 4.13. The summed E-state index contributed by atoms with van der Waals surface area (Å²) in [6.07, 6.45) is 0. The molecule has 2 nitrogen and oxygen atoms in total. The Bertz CT molecular complexity index is 60.6. The molecule has 0 aromatic heterocycles. The number of thiol groups is 1. The quantitative estimate of drug-likeness (QED) is 0.504. The number of hydrogen-bond donors (Lipinski definition) is 3. The maximum absolute atomic E-state index is 4.13. The van der Waals surface area contributed by atoms with Crippen molar-refractivity contribution in [1.29, 1.82) is 0 Å². The molecule has 13 heavy (non-hydrogen) atoms. The van der Waals surface area contributed by atoms with Crippen LogP contribution in [0.25, 0.3) is 0 Å². The molecule has 0 aromatic carbocycles. The highest BCUT2D eigenvalue weighted by molar-refractivity contribution is 8.08. The van der Waals surface area contributed by atoms with Gasteiger partial charge in [0, 0.05) is 4.70 Å². The molecule has 0 unspecified atom stereocenters. The zero-order chi connectivity index (χ0) is 10.9. The van der Waals surface area contributed by atoms with E-state index in [4.69, 9.17) is 0 Å². The van der Waals surface area contributed by atoms with E-state index in [0.717, 1.165) is 26.2 Å². The van der Waals surface area contributed by atoms with Gasteiger partial charge in [-0.2, -0.15) is 0 Å². The summed E-state index contributed by atoms with van der Waals surface area (Å²) in [6, 6.07) is 0. The Labute approximate surface area is 94.3 Å². The molecule has 0 amide bonds. The third-order valence-corrected chi connectivity index (χ3v) is 1.000. The van der Waals surface area contributed by atoms with Gasteiger partial charge in [0.1, 0.15) is 0 Å². The number of rotatable bonds is 4. The smallest absolute Gasteiger partial charge is 0.0310 e. The minimum Gasteiger partial charge on any atom is -0.317 e. The van der Waals surface area contributed by atoms with E-state index in [1.165, 1.54) is 4.70 Å². The van der Waals surface area contributed by atoms with Crippen LogP contribution in [0.3, 0.4) is 0 Å². The van der Waals surface area contributed by atoms with Gasteiger partial charge in [0.05, 0.1) is 0 Å². The van der Waals surface area contributed by atoms with Gasteiger partial charge in [-0.05, 0) is 26.2 Å². The molecule has 82 valence electrons. The van der Waals surface area contributed by atoms with Crippen LogP contribution in [-0.4, -0.2) is 30.9 Å².